The van der Waals surface area contributed by atoms with E-state index in [1.807, 2.05) is 18.2 Å². The van der Waals surface area contributed by atoms with E-state index in [1.165, 1.54) is 31.4 Å². The Hall–Kier alpha value is -1.55. The Morgan fingerprint density at radius 1 is 1.27 bits per heavy atom. The number of para-hydroxylation sites is 1. The monoisotopic (exact) mass is 301 g/mol. The van der Waals surface area contributed by atoms with Gasteiger partial charge in [-0.1, -0.05) is 31.0 Å². The van der Waals surface area contributed by atoms with E-state index < -0.39 is 0 Å². The summed E-state index contributed by atoms with van der Waals surface area (Å²) in [6.07, 6.45) is 6.19. The lowest BCUT2D eigenvalue weighted by molar-refractivity contribution is -0.122. The first-order valence-corrected chi connectivity index (χ1v) is 8.54. The maximum absolute atomic E-state index is 12.3. The van der Waals surface area contributed by atoms with Crippen molar-refractivity contribution in [3.63, 3.8) is 0 Å². The van der Waals surface area contributed by atoms with Crippen LogP contribution in [0.5, 0.6) is 0 Å². The third-order valence-electron chi connectivity index (χ3n) is 5.12. The molecule has 1 aliphatic carbocycles. The highest BCUT2D eigenvalue weighted by Gasteiger charge is 2.37. The smallest absolute Gasteiger partial charge is 0.237 e. The predicted molar refractivity (Wildman–Crippen MR) is 90.0 cm³/mol. The predicted octanol–water partition coefficient (Wildman–Crippen LogP) is 2.16. The van der Waals surface area contributed by atoms with Crippen LogP contribution in [0.25, 0.3) is 0 Å². The third kappa shape index (κ3) is 3.61. The molecule has 0 aromatic heterocycles. The summed E-state index contributed by atoms with van der Waals surface area (Å²) in [4.78, 5) is 14.5. The van der Waals surface area contributed by atoms with Crippen LogP contribution in [0.3, 0.4) is 0 Å². The molecule has 0 spiro atoms. The van der Waals surface area contributed by atoms with Crippen LogP contribution in [0.4, 0.5) is 5.69 Å². The molecular weight excluding hydrogens is 274 g/mol. The van der Waals surface area contributed by atoms with Gasteiger partial charge in [-0.3, -0.25) is 4.79 Å². The van der Waals surface area contributed by atoms with Crippen molar-refractivity contribution >= 4 is 11.6 Å². The summed E-state index contributed by atoms with van der Waals surface area (Å²) in [7, 11) is 2.06. The highest BCUT2D eigenvalue weighted by Crippen LogP contribution is 2.33. The van der Waals surface area contributed by atoms with Crippen molar-refractivity contribution < 1.29 is 4.79 Å². The number of anilines is 1. The second kappa shape index (κ2) is 7.14. The van der Waals surface area contributed by atoms with Crippen molar-refractivity contribution in [2.75, 3.05) is 25.0 Å². The lowest BCUT2D eigenvalue weighted by atomic mass is 9.85. The zero-order chi connectivity index (χ0) is 15.4. The summed E-state index contributed by atoms with van der Waals surface area (Å²) in [5.41, 5.74) is 1.18. The number of hydrogen-bond donors (Lipinski definition) is 2. The molecule has 1 aromatic carbocycles. The van der Waals surface area contributed by atoms with Crippen LogP contribution in [-0.2, 0) is 4.79 Å². The van der Waals surface area contributed by atoms with Crippen LogP contribution in [0, 0.1) is 5.92 Å². The molecule has 4 heteroatoms. The topological polar surface area (TPSA) is 44.4 Å². The Kier molecular flexibility index (Phi) is 4.98. The van der Waals surface area contributed by atoms with Gasteiger partial charge in [-0.05, 0) is 37.3 Å². The van der Waals surface area contributed by atoms with Gasteiger partial charge in [0.25, 0.3) is 0 Å². The second-order valence-corrected chi connectivity index (χ2v) is 6.65. The molecule has 2 fully saturated rings. The summed E-state index contributed by atoms with van der Waals surface area (Å²) in [5, 5.41) is 6.63. The third-order valence-corrected chi connectivity index (χ3v) is 5.12. The molecule has 1 aliphatic heterocycles. The van der Waals surface area contributed by atoms with E-state index in [1.54, 1.807) is 0 Å². The normalized spacial score (nSPS) is 27.2. The Labute approximate surface area is 133 Å². The van der Waals surface area contributed by atoms with Crippen molar-refractivity contribution in [3.8, 4) is 0 Å². The number of rotatable bonds is 5. The fourth-order valence-corrected chi connectivity index (χ4v) is 3.80. The summed E-state index contributed by atoms with van der Waals surface area (Å²) in [6, 6.07) is 10.9. The maximum atomic E-state index is 12.3. The minimum Gasteiger partial charge on any atom is -0.373 e. The fourth-order valence-electron chi connectivity index (χ4n) is 3.80. The largest absolute Gasteiger partial charge is 0.373 e. The molecule has 1 saturated carbocycles. The quantitative estimate of drug-likeness (QED) is 0.876. The molecule has 3 unspecified atom stereocenters. The molecule has 2 N–H and O–H groups in total. The van der Waals surface area contributed by atoms with Crippen LogP contribution in [0.2, 0.25) is 0 Å². The van der Waals surface area contributed by atoms with Crippen LogP contribution < -0.4 is 15.5 Å². The van der Waals surface area contributed by atoms with Gasteiger partial charge in [-0.25, -0.2) is 0 Å². The summed E-state index contributed by atoms with van der Waals surface area (Å²) in [6.45, 7) is 1.52. The van der Waals surface area contributed by atoms with E-state index in [0.29, 0.717) is 12.6 Å². The molecule has 4 nitrogen and oxygen atoms in total. The van der Waals surface area contributed by atoms with E-state index in [2.05, 4.69) is 34.7 Å². The molecule has 1 saturated heterocycles. The van der Waals surface area contributed by atoms with Gasteiger partial charge in [0.15, 0.2) is 0 Å². The number of carbonyl (C=O) groups is 1. The first-order valence-electron chi connectivity index (χ1n) is 8.54. The maximum Gasteiger partial charge on any atom is 0.237 e. The molecule has 1 aromatic rings. The Morgan fingerprint density at radius 3 is 2.82 bits per heavy atom. The molecule has 2 aliphatic rings. The molecule has 120 valence electrons. The number of fused-ring (bicyclic) bond motifs is 1. The van der Waals surface area contributed by atoms with Gasteiger partial charge in [-0.2, -0.15) is 0 Å². The Morgan fingerprint density at radius 2 is 2.05 bits per heavy atom. The molecule has 3 atom stereocenters. The molecule has 1 heterocycles. The number of benzene rings is 1. The molecule has 1 amide bonds. The lowest BCUT2D eigenvalue weighted by Crippen LogP contribution is -2.45. The van der Waals surface area contributed by atoms with Gasteiger partial charge in [0.2, 0.25) is 5.91 Å². The van der Waals surface area contributed by atoms with Gasteiger partial charge in [-0.15, -0.1) is 0 Å². The van der Waals surface area contributed by atoms with Gasteiger partial charge in [0, 0.05) is 31.9 Å². The van der Waals surface area contributed by atoms with E-state index in [9.17, 15) is 4.79 Å². The lowest BCUT2D eigenvalue weighted by Gasteiger charge is -2.24. The highest BCUT2D eigenvalue weighted by atomic mass is 16.2. The van der Waals surface area contributed by atoms with Crippen LogP contribution in [0.15, 0.2) is 30.3 Å². The van der Waals surface area contributed by atoms with E-state index in [4.69, 9.17) is 0 Å². The van der Waals surface area contributed by atoms with E-state index in [0.717, 1.165) is 18.9 Å². The summed E-state index contributed by atoms with van der Waals surface area (Å²) in [5.74, 6) is 0.896. The van der Waals surface area contributed by atoms with Gasteiger partial charge < -0.3 is 15.5 Å². The molecule has 22 heavy (non-hydrogen) atoms. The summed E-state index contributed by atoms with van der Waals surface area (Å²) >= 11 is 0. The molecule has 0 radical (unpaired) electrons. The molecular formula is C18H27N3O. The van der Waals surface area contributed by atoms with Gasteiger partial charge >= 0.3 is 0 Å². The summed E-state index contributed by atoms with van der Waals surface area (Å²) < 4.78 is 0. The van der Waals surface area contributed by atoms with Gasteiger partial charge in [0.05, 0.1) is 6.04 Å². The standard InChI is InChI=1S/C18H27N3O/c1-21(15-8-3-2-4-9-15)12-11-19-18(22)17-13-14-7-5-6-10-16(14)20-17/h2-4,8-9,14,16-17,20H,5-7,10-13H2,1H3,(H,19,22). The van der Waals surface area contributed by atoms with E-state index in [-0.39, 0.29) is 11.9 Å². The zero-order valence-electron chi connectivity index (χ0n) is 13.4. The van der Waals surface area contributed by atoms with Crippen LogP contribution in [0.1, 0.15) is 32.1 Å². The Bertz CT molecular complexity index is 476. The highest BCUT2D eigenvalue weighted by molar-refractivity contribution is 5.82. The first-order chi connectivity index (χ1) is 10.7. The average Bonchev–Trinajstić information content (AvgIpc) is 2.99. The van der Waals surface area contributed by atoms with E-state index >= 15 is 0 Å². The number of likely N-dealkylation sites (N-methyl/N-ethyl adjacent to an activating group) is 1. The van der Waals surface area contributed by atoms with Crippen LogP contribution in [-0.4, -0.2) is 38.1 Å². The number of hydrogen-bond acceptors (Lipinski definition) is 3. The van der Waals surface area contributed by atoms with Gasteiger partial charge in [0.1, 0.15) is 0 Å². The number of amides is 1. The first kappa shape index (κ1) is 15.3. The minimum atomic E-state index is 0.0233. The van der Waals surface area contributed by atoms with Crippen LogP contribution >= 0.6 is 0 Å². The van der Waals surface area contributed by atoms with Crippen molar-refractivity contribution in [1.29, 1.82) is 0 Å². The number of carbonyl (C=O) groups excluding carboxylic acids is 1. The van der Waals surface area contributed by atoms with Crippen molar-refractivity contribution in [2.24, 2.45) is 5.92 Å². The molecule has 3 rings (SSSR count). The number of nitrogens with one attached hydrogen (secondary N) is 2. The zero-order valence-corrected chi connectivity index (χ0v) is 13.4. The average molecular weight is 301 g/mol. The van der Waals surface area contributed by atoms with Crippen molar-refractivity contribution in [2.45, 2.75) is 44.2 Å². The number of nitrogens with zero attached hydrogens (tertiary/aromatic N) is 1. The minimum absolute atomic E-state index is 0.0233. The second-order valence-electron chi connectivity index (χ2n) is 6.65. The van der Waals surface area contributed by atoms with Crippen molar-refractivity contribution in [3.05, 3.63) is 30.3 Å². The molecule has 0 bridgehead atoms. The van der Waals surface area contributed by atoms with Crippen molar-refractivity contribution in [1.82, 2.24) is 10.6 Å². The fraction of sp³-hybridized carbons (Fsp3) is 0.611. The Balaban J connectivity index is 1.41. The SMILES string of the molecule is CN(CCNC(=O)C1CC2CCCCC2N1)c1ccccc1.